The SMILES string of the molecule is C1=C/SS/N=N/CCCCCCCCCCCCC/1. The molecule has 0 saturated heterocycles. The van der Waals surface area contributed by atoms with Crippen molar-refractivity contribution in [3.8, 4) is 0 Å². The normalized spacial score (nSPS) is 25.7. The van der Waals surface area contributed by atoms with Crippen LogP contribution in [0.5, 0.6) is 0 Å². The Morgan fingerprint density at radius 1 is 0.684 bits per heavy atom. The number of allylic oxidation sites excluding steroid dienone is 1. The first-order valence-corrected chi connectivity index (χ1v) is 10.0. The van der Waals surface area contributed by atoms with Gasteiger partial charge in [0.05, 0.1) is 17.5 Å². The van der Waals surface area contributed by atoms with Crippen molar-refractivity contribution in [1.29, 1.82) is 0 Å². The second kappa shape index (κ2) is 14.4. The molecular weight excluding hydrogens is 272 g/mol. The zero-order chi connectivity index (χ0) is 13.4. The molecule has 0 N–H and O–H groups in total. The minimum Gasteiger partial charge on any atom is -0.181 e. The Bertz CT molecular complexity index is 218. The van der Waals surface area contributed by atoms with Gasteiger partial charge in [-0.1, -0.05) is 63.9 Å². The lowest BCUT2D eigenvalue weighted by Gasteiger charge is -2.02. The first-order valence-electron chi connectivity index (χ1n) is 7.84. The Labute approximate surface area is 126 Å². The third-order valence-electron chi connectivity index (χ3n) is 3.41. The summed E-state index contributed by atoms with van der Waals surface area (Å²) in [6.45, 7) is 0.900. The van der Waals surface area contributed by atoms with Crippen LogP contribution in [0.2, 0.25) is 0 Å². The first kappa shape index (κ1) is 17.1. The highest BCUT2D eigenvalue weighted by atomic mass is 33.1. The first-order chi connectivity index (χ1) is 9.50. The van der Waals surface area contributed by atoms with E-state index < -0.39 is 0 Å². The van der Waals surface area contributed by atoms with Crippen LogP contribution in [0.1, 0.15) is 77.0 Å². The number of rotatable bonds is 0. The molecule has 0 bridgehead atoms. The van der Waals surface area contributed by atoms with Crippen LogP contribution in [0.4, 0.5) is 0 Å². The fourth-order valence-corrected chi connectivity index (χ4v) is 3.32. The van der Waals surface area contributed by atoms with Crippen molar-refractivity contribution in [2.75, 3.05) is 6.54 Å². The van der Waals surface area contributed by atoms with E-state index in [9.17, 15) is 0 Å². The number of hydrogen-bond donors (Lipinski definition) is 0. The molecule has 0 atom stereocenters. The van der Waals surface area contributed by atoms with Gasteiger partial charge in [-0.05, 0) is 35.5 Å². The van der Waals surface area contributed by atoms with E-state index in [-0.39, 0.29) is 0 Å². The third-order valence-corrected chi connectivity index (χ3v) is 4.78. The van der Waals surface area contributed by atoms with Crippen molar-refractivity contribution in [1.82, 2.24) is 0 Å². The van der Waals surface area contributed by atoms with E-state index in [1.807, 2.05) is 0 Å². The van der Waals surface area contributed by atoms with Gasteiger partial charge in [-0.3, -0.25) is 0 Å². The lowest BCUT2D eigenvalue weighted by atomic mass is 10.1. The highest BCUT2D eigenvalue weighted by Gasteiger charge is 1.94. The molecule has 19 heavy (non-hydrogen) atoms. The van der Waals surface area contributed by atoms with Gasteiger partial charge < -0.3 is 0 Å². The maximum absolute atomic E-state index is 4.18. The third kappa shape index (κ3) is 12.8. The Morgan fingerprint density at radius 2 is 1.26 bits per heavy atom. The molecule has 0 aliphatic carbocycles. The lowest BCUT2D eigenvalue weighted by Crippen LogP contribution is -1.84. The summed E-state index contributed by atoms with van der Waals surface area (Å²) >= 11 is 0. The Hall–Kier alpha value is 0.0400. The quantitative estimate of drug-likeness (QED) is 0.357. The minimum atomic E-state index is 0.900. The smallest absolute Gasteiger partial charge is 0.0716 e. The van der Waals surface area contributed by atoms with E-state index >= 15 is 0 Å². The summed E-state index contributed by atoms with van der Waals surface area (Å²) in [6, 6.07) is 0. The molecule has 110 valence electrons. The topological polar surface area (TPSA) is 24.7 Å². The van der Waals surface area contributed by atoms with Gasteiger partial charge in [0.2, 0.25) is 0 Å². The molecule has 0 aromatic carbocycles. The summed E-state index contributed by atoms with van der Waals surface area (Å²) in [6.07, 6.45) is 18.7. The van der Waals surface area contributed by atoms with Crippen molar-refractivity contribution < 1.29 is 0 Å². The molecule has 0 aromatic rings. The molecular formula is C15H28N2S2. The van der Waals surface area contributed by atoms with Gasteiger partial charge in [-0.2, -0.15) is 5.11 Å². The highest BCUT2D eigenvalue weighted by Crippen LogP contribution is 2.24. The van der Waals surface area contributed by atoms with Crippen molar-refractivity contribution in [2.45, 2.75) is 77.0 Å². The molecule has 1 aliphatic heterocycles. The van der Waals surface area contributed by atoms with Crippen LogP contribution in [0.15, 0.2) is 21.1 Å². The van der Waals surface area contributed by atoms with Crippen LogP contribution in [-0.2, 0) is 0 Å². The molecule has 0 radical (unpaired) electrons. The van der Waals surface area contributed by atoms with Crippen molar-refractivity contribution in [3.63, 3.8) is 0 Å². The molecule has 1 heterocycles. The molecule has 0 spiro atoms. The van der Waals surface area contributed by atoms with Gasteiger partial charge >= 0.3 is 0 Å². The van der Waals surface area contributed by atoms with E-state index in [0.717, 1.165) is 6.54 Å². The van der Waals surface area contributed by atoms with Crippen LogP contribution >= 0.6 is 21.8 Å². The Kier molecular flexibility index (Phi) is 13.0. The highest BCUT2D eigenvalue weighted by molar-refractivity contribution is 8.77. The molecule has 0 fully saturated rings. The summed E-state index contributed by atoms with van der Waals surface area (Å²) in [7, 11) is 3.16. The zero-order valence-corrected chi connectivity index (χ0v) is 13.7. The molecule has 1 rings (SSSR count). The number of hydrogen-bond acceptors (Lipinski definition) is 4. The van der Waals surface area contributed by atoms with E-state index in [1.165, 1.54) is 88.0 Å². The fraction of sp³-hybridized carbons (Fsp3) is 0.867. The predicted octanol–water partition coefficient (Wildman–Crippen LogP) is 6.94. The summed E-state index contributed by atoms with van der Waals surface area (Å²) < 4.78 is 4.10. The van der Waals surface area contributed by atoms with Gasteiger partial charge in [-0.15, -0.1) is 4.52 Å². The zero-order valence-electron chi connectivity index (χ0n) is 12.1. The average Bonchev–Trinajstić information content (AvgIpc) is 2.43. The van der Waals surface area contributed by atoms with E-state index in [2.05, 4.69) is 21.1 Å². The van der Waals surface area contributed by atoms with Crippen LogP contribution in [0.3, 0.4) is 0 Å². The van der Waals surface area contributed by atoms with Crippen molar-refractivity contribution in [3.05, 3.63) is 11.5 Å². The second-order valence-electron chi connectivity index (χ2n) is 5.17. The predicted molar refractivity (Wildman–Crippen MR) is 89.4 cm³/mol. The van der Waals surface area contributed by atoms with Gasteiger partial charge in [0.1, 0.15) is 0 Å². The maximum Gasteiger partial charge on any atom is 0.0716 e. The summed E-state index contributed by atoms with van der Waals surface area (Å²) in [5.41, 5.74) is 0. The average molecular weight is 301 g/mol. The lowest BCUT2D eigenvalue weighted by molar-refractivity contribution is 0.547. The summed E-state index contributed by atoms with van der Waals surface area (Å²) in [4.78, 5) is 0. The van der Waals surface area contributed by atoms with Crippen LogP contribution < -0.4 is 0 Å². The molecule has 0 aromatic heterocycles. The van der Waals surface area contributed by atoms with Gasteiger partial charge in [0.25, 0.3) is 0 Å². The summed E-state index contributed by atoms with van der Waals surface area (Å²) in [5, 5.41) is 6.33. The monoisotopic (exact) mass is 300 g/mol. The van der Waals surface area contributed by atoms with E-state index in [4.69, 9.17) is 0 Å². The van der Waals surface area contributed by atoms with Gasteiger partial charge in [-0.25, -0.2) is 0 Å². The molecule has 0 unspecified atom stereocenters. The van der Waals surface area contributed by atoms with Crippen LogP contribution in [-0.4, -0.2) is 6.54 Å². The van der Waals surface area contributed by atoms with E-state index in [1.54, 1.807) is 10.8 Å². The van der Waals surface area contributed by atoms with Crippen molar-refractivity contribution in [2.24, 2.45) is 9.63 Å². The standard InChI is InChI=1S/C15H28N2S2/c1-2-4-6-8-10-12-14-16-17-19-18-15-13-11-9-7-5-3-1/h13,15H,1-12,14H2/b15-13+,17-16+. The largest absolute Gasteiger partial charge is 0.181 e. The maximum atomic E-state index is 4.18. The Balaban J connectivity index is 2.12. The Morgan fingerprint density at radius 3 is 1.95 bits per heavy atom. The summed E-state index contributed by atoms with van der Waals surface area (Å²) in [5.74, 6) is 0. The molecule has 2 nitrogen and oxygen atoms in total. The number of nitrogens with zero attached hydrogens (tertiary/aromatic N) is 2. The van der Waals surface area contributed by atoms with Gasteiger partial charge in [0, 0.05) is 0 Å². The van der Waals surface area contributed by atoms with Crippen molar-refractivity contribution >= 4 is 21.8 Å². The van der Waals surface area contributed by atoms with Gasteiger partial charge in [0.15, 0.2) is 0 Å². The van der Waals surface area contributed by atoms with Crippen LogP contribution in [0.25, 0.3) is 0 Å². The molecule has 4 heteroatoms. The van der Waals surface area contributed by atoms with Crippen LogP contribution in [0, 0.1) is 0 Å². The molecule has 0 amide bonds. The fourth-order valence-electron chi connectivity index (χ4n) is 2.25. The molecule has 0 saturated carbocycles. The van der Waals surface area contributed by atoms with E-state index in [0.29, 0.717) is 0 Å². The molecule has 1 aliphatic rings. The second-order valence-corrected chi connectivity index (χ2v) is 6.97. The minimum absolute atomic E-state index is 0.900.